The lowest BCUT2D eigenvalue weighted by Crippen LogP contribution is -2.45. The Bertz CT molecular complexity index is 692. The number of pyridine rings is 1. The molecule has 1 aromatic heterocycles. The van der Waals surface area contributed by atoms with E-state index in [0.29, 0.717) is 5.91 Å². The first-order valence-corrected chi connectivity index (χ1v) is 9.09. The van der Waals surface area contributed by atoms with Crippen LogP contribution in [0.2, 0.25) is 0 Å². The van der Waals surface area contributed by atoms with Gasteiger partial charge in [-0.25, -0.2) is 0 Å². The zero-order valence-electron chi connectivity index (χ0n) is 14.0. The highest BCUT2D eigenvalue weighted by atomic mass is 16.2. The number of carbonyl (C=O) groups is 1. The number of likely N-dealkylation sites (tertiary alicyclic amines) is 1. The largest absolute Gasteiger partial charge is 0.333 e. The molecule has 2 aliphatic rings. The van der Waals surface area contributed by atoms with Crippen LogP contribution in [0.25, 0.3) is 0 Å². The van der Waals surface area contributed by atoms with Crippen LogP contribution in [0.15, 0.2) is 54.7 Å². The Balaban J connectivity index is 1.68. The fourth-order valence-corrected chi connectivity index (χ4v) is 4.53. The van der Waals surface area contributed by atoms with E-state index in [1.165, 1.54) is 5.56 Å². The highest BCUT2D eigenvalue weighted by molar-refractivity contribution is 5.89. The van der Waals surface area contributed by atoms with E-state index in [9.17, 15) is 4.79 Å². The highest BCUT2D eigenvalue weighted by Gasteiger charge is 2.47. The lowest BCUT2D eigenvalue weighted by Gasteiger charge is -2.35. The van der Waals surface area contributed by atoms with Gasteiger partial charge in [0.15, 0.2) is 0 Å². The van der Waals surface area contributed by atoms with Crippen molar-refractivity contribution in [2.75, 3.05) is 6.54 Å². The molecule has 1 aromatic carbocycles. The second kappa shape index (κ2) is 6.39. The van der Waals surface area contributed by atoms with Gasteiger partial charge in [-0.3, -0.25) is 9.78 Å². The normalized spacial score (nSPS) is 22.7. The van der Waals surface area contributed by atoms with Gasteiger partial charge in [-0.1, -0.05) is 49.2 Å². The van der Waals surface area contributed by atoms with E-state index < -0.39 is 0 Å². The minimum Gasteiger partial charge on any atom is -0.333 e. The van der Waals surface area contributed by atoms with Gasteiger partial charge in [0.05, 0.1) is 17.2 Å². The average molecular weight is 320 g/mol. The van der Waals surface area contributed by atoms with Crippen molar-refractivity contribution in [3.8, 4) is 0 Å². The minimum atomic E-state index is -0.321. The summed E-state index contributed by atoms with van der Waals surface area (Å²) in [6.45, 7) is 0.856. The van der Waals surface area contributed by atoms with Gasteiger partial charge in [-0.15, -0.1) is 0 Å². The van der Waals surface area contributed by atoms with Gasteiger partial charge in [0.2, 0.25) is 5.91 Å². The molecular formula is C21H24N2O. The SMILES string of the molecule is O=C(N1CCCC1c1ccccn1)C1(c2ccccc2)CCCC1. The maximum absolute atomic E-state index is 13.7. The van der Waals surface area contributed by atoms with Gasteiger partial charge in [0, 0.05) is 12.7 Å². The first-order valence-electron chi connectivity index (χ1n) is 9.09. The number of nitrogens with zero attached hydrogens (tertiary/aromatic N) is 2. The molecule has 1 aliphatic heterocycles. The molecule has 124 valence electrons. The van der Waals surface area contributed by atoms with Crippen molar-refractivity contribution in [2.45, 2.75) is 50.0 Å². The summed E-state index contributed by atoms with van der Waals surface area (Å²) in [5, 5.41) is 0. The predicted octanol–water partition coefficient (Wildman–Crippen LogP) is 4.26. The quantitative estimate of drug-likeness (QED) is 0.846. The van der Waals surface area contributed by atoms with E-state index in [-0.39, 0.29) is 11.5 Å². The van der Waals surface area contributed by atoms with Crippen molar-refractivity contribution in [3.05, 3.63) is 66.0 Å². The second-order valence-electron chi connectivity index (χ2n) is 7.07. The molecule has 0 radical (unpaired) electrons. The lowest BCUT2D eigenvalue weighted by atomic mass is 9.77. The molecule has 1 unspecified atom stereocenters. The lowest BCUT2D eigenvalue weighted by molar-refractivity contribution is -0.138. The fraction of sp³-hybridized carbons (Fsp3) is 0.429. The number of carbonyl (C=O) groups excluding carboxylic acids is 1. The molecule has 1 atom stereocenters. The van der Waals surface area contributed by atoms with Gasteiger partial charge >= 0.3 is 0 Å². The predicted molar refractivity (Wildman–Crippen MR) is 94.5 cm³/mol. The van der Waals surface area contributed by atoms with Crippen molar-refractivity contribution in [3.63, 3.8) is 0 Å². The summed E-state index contributed by atoms with van der Waals surface area (Å²) >= 11 is 0. The number of hydrogen-bond acceptors (Lipinski definition) is 2. The molecule has 2 fully saturated rings. The Kier molecular flexibility index (Phi) is 4.09. The van der Waals surface area contributed by atoms with E-state index in [0.717, 1.165) is 50.8 Å². The fourth-order valence-electron chi connectivity index (χ4n) is 4.53. The summed E-state index contributed by atoms with van der Waals surface area (Å²) in [6, 6.07) is 16.6. The molecule has 1 saturated heterocycles. The van der Waals surface area contributed by atoms with Gasteiger partial charge < -0.3 is 4.90 Å². The molecule has 0 N–H and O–H groups in total. The van der Waals surface area contributed by atoms with E-state index in [4.69, 9.17) is 0 Å². The van der Waals surface area contributed by atoms with Crippen molar-refractivity contribution in [1.29, 1.82) is 0 Å². The topological polar surface area (TPSA) is 33.2 Å². The van der Waals surface area contributed by atoms with Gasteiger partial charge in [0.1, 0.15) is 0 Å². The van der Waals surface area contributed by atoms with Crippen LogP contribution < -0.4 is 0 Å². The Hall–Kier alpha value is -2.16. The van der Waals surface area contributed by atoms with E-state index in [1.807, 2.05) is 24.4 Å². The van der Waals surface area contributed by atoms with E-state index in [1.54, 1.807) is 0 Å². The summed E-state index contributed by atoms with van der Waals surface area (Å²) in [7, 11) is 0. The number of hydrogen-bond donors (Lipinski definition) is 0. The van der Waals surface area contributed by atoms with E-state index in [2.05, 4.69) is 40.2 Å². The molecule has 2 aromatic rings. The van der Waals surface area contributed by atoms with Crippen molar-refractivity contribution < 1.29 is 4.79 Å². The summed E-state index contributed by atoms with van der Waals surface area (Å²) in [4.78, 5) is 20.3. The monoisotopic (exact) mass is 320 g/mol. The van der Waals surface area contributed by atoms with Gasteiger partial charge in [0.25, 0.3) is 0 Å². The molecule has 3 nitrogen and oxygen atoms in total. The zero-order valence-corrected chi connectivity index (χ0v) is 14.0. The molecule has 3 heteroatoms. The van der Waals surface area contributed by atoms with Crippen LogP contribution in [0, 0.1) is 0 Å². The van der Waals surface area contributed by atoms with Crippen LogP contribution in [0.1, 0.15) is 55.8 Å². The van der Waals surface area contributed by atoms with Gasteiger partial charge in [-0.05, 0) is 43.4 Å². The first-order chi connectivity index (χ1) is 11.8. The number of aromatic nitrogens is 1. The van der Waals surface area contributed by atoms with Crippen LogP contribution in [0.5, 0.6) is 0 Å². The smallest absolute Gasteiger partial charge is 0.233 e. The maximum Gasteiger partial charge on any atom is 0.233 e. The Labute approximate surface area is 143 Å². The summed E-state index contributed by atoms with van der Waals surface area (Å²) in [6.07, 6.45) is 8.15. The number of rotatable bonds is 3. The van der Waals surface area contributed by atoms with Crippen LogP contribution >= 0.6 is 0 Å². The molecule has 4 rings (SSSR count). The van der Waals surface area contributed by atoms with Gasteiger partial charge in [-0.2, -0.15) is 0 Å². The Morgan fingerprint density at radius 3 is 2.46 bits per heavy atom. The number of amides is 1. The molecule has 1 saturated carbocycles. The summed E-state index contributed by atoms with van der Waals surface area (Å²) < 4.78 is 0. The van der Waals surface area contributed by atoms with Crippen LogP contribution in [0.3, 0.4) is 0 Å². The van der Waals surface area contributed by atoms with Crippen LogP contribution in [-0.4, -0.2) is 22.3 Å². The van der Waals surface area contributed by atoms with Crippen molar-refractivity contribution in [1.82, 2.24) is 9.88 Å². The third-order valence-corrected chi connectivity index (χ3v) is 5.74. The molecule has 0 spiro atoms. The zero-order chi connectivity index (χ0) is 16.4. The third kappa shape index (κ3) is 2.52. The molecule has 1 aliphatic carbocycles. The molecular weight excluding hydrogens is 296 g/mol. The van der Waals surface area contributed by atoms with Crippen LogP contribution in [-0.2, 0) is 10.2 Å². The Morgan fingerprint density at radius 1 is 1.00 bits per heavy atom. The van der Waals surface area contributed by atoms with E-state index >= 15 is 0 Å². The van der Waals surface area contributed by atoms with Crippen molar-refractivity contribution >= 4 is 5.91 Å². The summed E-state index contributed by atoms with van der Waals surface area (Å²) in [5.74, 6) is 0.319. The third-order valence-electron chi connectivity index (χ3n) is 5.74. The molecule has 0 bridgehead atoms. The average Bonchev–Trinajstić information content (AvgIpc) is 3.33. The van der Waals surface area contributed by atoms with Crippen molar-refractivity contribution in [2.24, 2.45) is 0 Å². The summed E-state index contributed by atoms with van der Waals surface area (Å²) in [5.41, 5.74) is 1.90. The first kappa shape index (κ1) is 15.4. The highest BCUT2D eigenvalue weighted by Crippen LogP contribution is 2.45. The minimum absolute atomic E-state index is 0.139. The Morgan fingerprint density at radius 2 is 1.75 bits per heavy atom. The molecule has 24 heavy (non-hydrogen) atoms. The molecule has 2 heterocycles. The number of benzene rings is 1. The maximum atomic E-state index is 13.7. The second-order valence-corrected chi connectivity index (χ2v) is 7.07. The van der Waals surface area contributed by atoms with Crippen LogP contribution in [0.4, 0.5) is 0 Å². The molecule has 1 amide bonds. The standard InChI is InChI=1S/C21H24N2O/c24-20(21(13-5-6-14-21)17-9-2-1-3-10-17)23-16-8-12-19(23)18-11-4-7-15-22-18/h1-4,7,9-11,15,19H,5-6,8,12-14,16H2.